The summed E-state index contributed by atoms with van der Waals surface area (Å²) in [6.07, 6.45) is 2.46. The second-order valence-electron chi connectivity index (χ2n) is 7.55. The molecule has 0 aliphatic heterocycles. The van der Waals surface area contributed by atoms with Crippen molar-refractivity contribution in [1.29, 1.82) is 0 Å². The Morgan fingerprint density at radius 2 is 2.12 bits per heavy atom. The van der Waals surface area contributed by atoms with Crippen LogP contribution in [0.4, 0.5) is 4.39 Å². The highest BCUT2D eigenvalue weighted by Gasteiger charge is 2.19. The zero-order valence-corrected chi connectivity index (χ0v) is 18.7. The normalized spacial score (nSPS) is 12.5. The van der Waals surface area contributed by atoms with Crippen molar-refractivity contribution < 1.29 is 18.7 Å². The molecule has 3 heterocycles. The van der Waals surface area contributed by atoms with Crippen molar-refractivity contribution in [2.75, 3.05) is 19.8 Å². The number of aromatic amines is 1. The number of aliphatic hydroxyl groups is 1. The second kappa shape index (κ2) is 10.7. The van der Waals surface area contributed by atoms with Crippen LogP contribution in [0.15, 0.2) is 69.9 Å². The van der Waals surface area contributed by atoms with Crippen LogP contribution in [0, 0.1) is 5.82 Å². The van der Waals surface area contributed by atoms with Gasteiger partial charge in [-0.3, -0.25) is 9.69 Å². The van der Waals surface area contributed by atoms with Gasteiger partial charge < -0.3 is 19.2 Å². The number of aromatic nitrogens is 2. The van der Waals surface area contributed by atoms with Gasteiger partial charge in [0.2, 0.25) is 0 Å². The Hall–Kier alpha value is -3.11. The average molecular weight is 470 g/mol. The van der Waals surface area contributed by atoms with Crippen molar-refractivity contribution in [3.05, 3.63) is 88.5 Å². The SMILES string of the molecule is C=CCOCC(O)CN(Cc1nc2scc(-c3ccccc3F)c2c(=O)[nH]1)Cc1ccco1. The average Bonchev–Trinajstić information content (AvgIpc) is 3.44. The molecule has 0 radical (unpaired) electrons. The van der Waals surface area contributed by atoms with Gasteiger partial charge in [-0.2, -0.15) is 0 Å². The number of H-pyrrole nitrogens is 1. The predicted octanol–water partition coefficient (Wildman–Crippen LogP) is 3.95. The number of thiophene rings is 1. The molecule has 4 rings (SSSR count). The minimum Gasteiger partial charge on any atom is -0.468 e. The Morgan fingerprint density at radius 1 is 1.27 bits per heavy atom. The number of fused-ring (bicyclic) bond motifs is 1. The zero-order valence-electron chi connectivity index (χ0n) is 17.9. The van der Waals surface area contributed by atoms with E-state index in [2.05, 4.69) is 16.5 Å². The third-order valence-electron chi connectivity index (χ3n) is 5.00. The highest BCUT2D eigenvalue weighted by atomic mass is 32.1. The van der Waals surface area contributed by atoms with E-state index in [0.29, 0.717) is 40.3 Å². The number of hydrogen-bond donors (Lipinski definition) is 2. The molecule has 0 saturated carbocycles. The minimum atomic E-state index is -0.746. The van der Waals surface area contributed by atoms with E-state index in [1.165, 1.54) is 17.4 Å². The molecule has 172 valence electrons. The summed E-state index contributed by atoms with van der Waals surface area (Å²) in [4.78, 5) is 22.8. The van der Waals surface area contributed by atoms with Crippen LogP contribution in [-0.4, -0.2) is 45.8 Å². The molecule has 4 aromatic rings. The number of ether oxygens (including phenoxy) is 1. The topological polar surface area (TPSA) is 91.6 Å². The van der Waals surface area contributed by atoms with Gasteiger partial charge in [-0.05, 0) is 18.2 Å². The maximum Gasteiger partial charge on any atom is 0.260 e. The Morgan fingerprint density at radius 3 is 2.88 bits per heavy atom. The number of rotatable bonds is 11. The molecular weight excluding hydrogens is 445 g/mol. The Bertz CT molecular complexity index is 1270. The Balaban J connectivity index is 1.58. The van der Waals surface area contributed by atoms with Crippen molar-refractivity contribution in [2.24, 2.45) is 0 Å². The van der Waals surface area contributed by atoms with E-state index in [9.17, 15) is 14.3 Å². The molecule has 1 unspecified atom stereocenters. The Kier molecular flexibility index (Phi) is 7.46. The molecule has 3 aromatic heterocycles. The van der Waals surface area contributed by atoms with E-state index in [1.54, 1.807) is 42.0 Å². The van der Waals surface area contributed by atoms with E-state index in [4.69, 9.17) is 9.15 Å². The van der Waals surface area contributed by atoms with E-state index in [1.807, 2.05) is 11.0 Å². The molecule has 9 heteroatoms. The van der Waals surface area contributed by atoms with Gasteiger partial charge in [-0.15, -0.1) is 17.9 Å². The van der Waals surface area contributed by atoms with Gasteiger partial charge in [-0.1, -0.05) is 24.3 Å². The first-order chi connectivity index (χ1) is 16.0. The van der Waals surface area contributed by atoms with Crippen molar-refractivity contribution >= 4 is 21.6 Å². The van der Waals surface area contributed by atoms with Gasteiger partial charge in [0.15, 0.2) is 0 Å². The van der Waals surface area contributed by atoms with E-state index in [-0.39, 0.29) is 25.3 Å². The highest BCUT2D eigenvalue weighted by Crippen LogP contribution is 2.32. The largest absolute Gasteiger partial charge is 0.468 e. The lowest BCUT2D eigenvalue weighted by molar-refractivity contribution is 0.0210. The third-order valence-corrected chi connectivity index (χ3v) is 5.88. The predicted molar refractivity (Wildman–Crippen MR) is 125 cm³/mol. The maximum absolute atomic E-state index is 14.3. The lowest BCUT2D eigenvalue weighted by atomic mass is 10.1. The fourth-order valence-corrected chi connectivity index (χ4v) is 4.56. The van der Waals surface area contributed by atoms with Gasteiger partial charge in [0, 0.05) is 23.1 Å². The molecule has 0 amide bonds. The molecule has 1 atom stereocenters. The summed E-state index contributed by atoms with van der Waals surface area (Å²) in [6.45, 7) is 5.07. The van der Waals surface area contributed by atoms with Crippen LogP contribution in [0.3, 0.4) is 0 Å². The van der Waals surface area contributed by atoms with Crippen molar-refractivity contribution in [3.63, 3.8) is 0 Å². The second-order valence-corrected chi connectivity index (χ2v) is 8.41. The molecule has 0 aliphatic carbocycles. The van der Waals surface area contributed by atoms with Crippen LogP contribution in [0.5, 0.6) is 0 Å². The number of nitrogens with zero attached hydrogens (tertiary/aromatic N) is 2. The van der Waals surface area contributed by atoms with Gasteiger partial charge in [0.05, 0.1) is 44.1 Å². The quantitative estimate of drug-likeness (QED) is 0.255. The van der Waals surface area contributed by atoms with E-state index >= 15 is 0 Å². The number of benzene rings is 1. The van der Waals surface area contributed by atoms with Crippen LogP contribution in [0.25, 0.3) is 21.3 Å². The fraction of sp³-hybridized carbons (Fsp3) is 0.250. The van der Waals surface area contributed by atoms with Crippen molar-refractivity contribution in [3.8, 4) is 11.1 Å². The molecule has 7 nitrogen and oxygen atoms in total. The van der Waals surface area contributed by atoms with Crippen LogP contribution in [0.1, 0.15) is 11.6 Å². The number of nitrogens with one attached hydrogen (secondary N) is 1. The molecule has 0 spiro atoms. The van der Waals surface area contributed by atoms with Gasteiger partial charge >= 0.3 is 0 Å². The van der Waals surface area contributed by atoms with Gasteiger partial charge in [-0.25, -0.2) is 9.37 Å². The fourth-order valence-electron chi connectivity index (χ4n) is 3.60. The minimum absolute atomic E-state index is 0.153. The molecule has 0 saturated heterocycles. The maximum atomic E-state index is 14.3. The molecular formula is C24H24FN3O4S. The molecule has 0 fully saturated rings. The number of furan rings is 1. The molecule has 2 N–H and O–H groups in total. The summed E-state index contributed by atoms with van der Waals surface area (Å²) in [5, 5.41) is 12.5. The molecule has 1 aromatic carbocycles. The summed E-state index contributed by atoms with van der Waals surface area (Å²) in [5.74, 6) is 0.772. The summed E-state index contributed by atoms with van der Waals surface area (Å²) in [7, 11) is 0. The zero-order chi connectivity index (χ0) is 23.2. The summed E-state index contributed by atoms with van der Waals surface area (Å²) in [6, 6.07) is 9.98. The molecule has 0 bridgehead atoms. The van der Waals surface area contributed by atoms with E-state index < -0.39 is 11.9 Å². The number of halogens is 1. The summed E-state index contributed by atoms with van der Waals surface area (Å²) < 4.78 is 25.1. The van der Waals surface area contributed by atoms with Gasteiger partial charge in [0.25, 0.3) is 5.56 Å². The summed E-state index contributed by atoms with van der Waals surface area (Å²) in [5.41, 5.74) is 0.559. The van der Waals surface area contributed by atoms with Gasteiger partial charge in [0.1, 0.15) is 22.2 Å². The van der Waals surface area contributed by atoms with Crippen LogP contribution >= 0.6 is 11.3 Å². The third kappa shape index (κ3) is 5.63. The highest BCUT2D eigenvalue weighted by molar-refractivity contribution is 7.17. The van der Waals surface area contributed by atoms with E-state index in [0.717, 1.165) is 5.76 Å². The van der Waals surface area contributed by atoms with Crippen LogP contribution in [-0.2, 0) is 17.8 Å². The molecule has 0 aliphatic rings. The monoisotopic (exact) mass is 469 g/mol. The lowest BCUT2D eigenvalue weighted by Gasteiger charge is -2.23. The summed E-state index contributed by atoms with van der Waals surface area (Å²) >= 11 is 1.29. The smallest absolute Gasteiger partial charge is 0.260 e. The first-order valence-electron chi connectivity index (χ1n) is 10.4. The van der Waals surface area contributed by atoms with Crippen LogP contribution in [0.2, 0.25) is 0 Å². The Labute approximate surface area is 193 Å². The first kappa shape index (κ1) is 23.1. The molecule has 33 heavy (non-hydrogen) atoms. The first-order valence-corrected chi connectivity index (χ1v) is 11.3. The van der Waals surface area contributed by atoms with Crippen molar-refractivity contribution in [2.45, 2.75) is 19.2 Å². The van der Waals surface area contributed by atoms with Crippen LogP contribution < -0.4 is 5.56 Å². The standard InChI is InChI=1S/C24H24FN3O4S/c1-2-9-31-14-16(29)11-28(12-17-6-5-10-32-17)13-21-26-23(30)22-19(15-33-24(22)27-21)18-7-3-4-8-20(18)25/h2-8,10,15-16,29H,1,9,11-14H2,(H,26,27,30). The number of hydrogen-bond acceptors (Lipinski definition) is 7. The van der Waals surface area contributed by atoms with Crippen molar-refractivity contribution in [1.82, 2.24) is 14.9 Å². The number of aliphatic hydroxyl groups excluding tert-OH is 1. The lowest BCUT2D eigenvalue weighted by Crippen LogP contribution is -2.35.